The van der Waals surface area contributed by atoms with Crippen molar-refractivity contribution in [3.8, 4) is 0 Å². The summed E-state index contributed by atoms with van der Waals surface area (Å²) < 4.78 is 0.734. The molecule has 0 saturated heterocycles. The van der Waals surface area contributed by atoms with Crippen molar-refractivity contribution >= 4 is 37.9 Å². The smallest absolute Gasteiger partial charge is 0.332 e. The molecule has 0 heterocycles. The van der Waals surface area contributed by atoms with Crippen LogP contribution in [0.25, 0.3) is 4.48 Å². The number of hydrazone groups is 1. The number of allylic oxidation sites excluding steroid dienone is 1. The van der Waals surface area contributed by atoms with Crippen molar-refractivity contribution in [3.05, 3.63) is 41.5 Å². The fraction of sp³-hybridized carbons (Fsp3) is 0. The van der Waals surface area contributed by atoms with Gasteiger partial charge in [-0.25, -0.2) is 10.2 Å². The molecule has 5 nitrogen and oxygen atoms in total. The van der Waals surface area contributed by atoms with Crippen molar-refractivity contribution in [2.75, 3.05) is 0 Å². The fourth-order valence-corrected chi connectivity index (χ4v) is 2.05. The Balaban J connectivity index is 2.45. The number of carbonyl (C=O) groups excluding carboxylic acids is 2. The zero-order chi connectivity index (χ0) is 12.4. The molecule has 2 rings (SSSR count). The largest absolute Gasteiger partial charge is 0.350 e. The Labute approximate surface area is 106 Å². The van der Waals surface area contributed by atoms with Gasteiger partial charge in [-0.05, 0) is 11.6 Å². The van der Waals surface area contributed by atoms with Gasteiger partial charge in [0.1, 0.15) is 5.71 Å². The molecule has 0 unspecified atom stereocenters. The van der Waals surface area contributed by atoms with Crippen LogP contribution in [0.3, 0.4) is 0 Å². The molecule has 0 radical (unpaired) electrons. The Morgan fingerprint density at radius 1 is 1.29 bits per heavy atom. The maximum Gasteiger partial charge on any atom is 0.332 e. The van der Waals surface area contributed by atoms with Crippen LogP contribution >= 0.6 is 15.9 Å². The normalized spacial score (nSPS) is 16.4. The molecule has 1 aliphatic rings. The predicted octanol–water partition coefficient (Wildman–Crippen LogP) is 1.64. The third-order valence-electron chi connectivity index (χ3n) is 2.21. The van der Waals surface area contributed by atoms with Crippen LogP contribution in [0.5, 0.6) is 0 Å². The third-order valence-corrected chi connectivity index (χ3v) is 2.87. The van der Waals surface area contributed by atoms with Gasteiger partial charge in [0, 0.05) is 10.0 Å². The Kier molecular flexibility index (Phi) is 3.06. The van der Waals surface area contributed by atoms with Crippen molar-refractivity contribution in [2.45, 2.75) is 0 Å². The summed E-state index contributed by atoms with van der Waals surface area (Å²) in [6.45, 7) is 0. The molecule has 17 heavy (non-hydrogen) atoms. The van der Waals surface area contributed by atoms with Gasteiger partial charge in [-0.2, -0.15) is 5.10 Å². The summed E-state index contributed by atoms with van der Waals surface area (Å²) in [4.78, 5) is 22.5. The van der Waals surface area contributed by atoms with Gasteiger partial charge < -0.3 is 5.73 Å². The highest BCUT2D eigenvalue weighted by Crippen LogP contribution is 2.29. The Bertz CT molecular complexity index is 564. The number of carbonyl (C=O) groups is 2. The van der Waals surface area contributed by atoms with Gasteiger partial charge >= 0.3 is 6.03 Å². The third kappa shape index (κ3) is 2.26. The molecule has 1 aromatic rings. The zero-order valence-corrected chi connectivity index (χ0v) is 10.2. The monoisotopic (exact) mass is 293 g/mol. The van der Waals surface area contributed by atoms with Gasteiger partial charge in [-0.15, -0.1) is 0 Å². The second-order valence-corrected chi connectivity index (χ2v) is 4.19. The number of nitrogens with one attached hydrogen (secondary N) is 1. The number of hydrogen-bond donors (Lipinski definition) is 2. The molecule has 0 atom stereocenters. The van der Waals surface area contributed by atoms with Crippen LogP contribution in [-0.4, -0.2) is 17.5 Å². The van der Waals surface area contributed by atoms with Crippen LogP contribution in [-0.2, 0) is 0 Å². The van der Waals surface area contributed by atoms with E-state index in [1.54, 1.807) is 18.2 Å². The van der Waals surface area contributed by atoms with E-state index in [9.17, 15) is 9.59 Å². The van der Waals surface area contributed by atoms with Gasteiger partial charge in [0.2, 0.25) is 5.78 Å². The first-order chi connectivity index (χ1) is 8.09. The molecule has 1 aliphatic carbocycles. The lowest BCUT2D eigenvalue weighted by molar-refractivity contribution is 0.106. The van der Waals surface area contributed by atoms with Crippen LogP contribution in [0.4, 0.5) is 4.79 Å². The van der Waals surface area contributed by atoms with E-state index in [0.717, 1.165) is 10.0 Å². The number of nitrogens with two attached hydrogens (primary N) is 1. The highest BCUT2D eigenvalue weighted by molar-refractivity contribution is 9.15. The number of rotatable bonds is 1. The number of primary amides is 1. The van der Waals surface area contributed by atoms with E-state index >= 15 is 0 Å². The Morgan fingerprint density at radius 3 is 2.59 bits per heavy atom. The molecular weight excluding hydrogens is 286 g/mol. The molecule has 86 valence electrons. The van der Waals surface area contributed by atoms with Gasteiger partial charge in [0.15, 0.2) is 0 Å². The van der Waals surface area contributed by atoms with Crippen molar-refractivity contribution in [1.82, 2.24) is 5.43 Å². The lowest BCUT2D eigenvalue weighted by Gasteiger charge is -2.13. The minimum atomic E-state index is -0.811. The lowest BCUT2D eigenvalue weighted by Crippen LogP contribution is -2.28. The van der Waals surface area contributed by atoms with Crippen molar-refractivity contribution < 1.29 is 9.59 Å². The van der Waals surface area contributed by atoms with E-state index in [0.29, 0.717) is 5.56 Å². The molecule has 0 fully saturated rings. The topological polar surface area (TPSA) is 84.6 Å². The Morgan fingerprint density at radius 2 is 1.94 bits per heavy atom. The van der Waals surface area contributed by atoms with Gasteiger partial charge in [-0.1, -0.05) is 40.2 Å². The van der Waals surface area contributed by atoms with Crippen molar-refractivity contribution in [3.63, 3.8) is 0 Å². The maximum absolute atomic E-state index is 12.0. The summed E-state index contributed by atoms with van der Waals surface area (Å²) in [6.07, 6.45) is 1.54. The fourth-order valence-electron chi connectivity index (χ4n) is 1.49. The number of urea groups is 1. The van der Waals surface area contributed by atoms with Crippen LogP contribution in [0.1, 0.15) is 15.9 Å². The van der Waals surface area contributed by atoms with Crippen LogP contribution in [0.15, 0.2) is 35.4 Å². The number of halogens is 1. The molecule has 2 amide bonds. The molecule has 0 saturated carbocycles. The molecule has 0 spiro atoms. The standard InChI is InChI=1S/C11H8BrN3O2/c12-8-5-9(14-15-11(13)17)10(16)7-4-2-1-3-6(7)8/h1-5H,(H3,13,15,17). The quantitative estimate of drug-likeness (QED) is 0.772. The summed E-state index contributed by atoms with van der Waals surface area (Å²) in [7, 11) is 0. The molecular formula is C11H8BrN3O2. The van der Waals surface area contributed by atoms with Crippen molar-refractivity contribution in [2.24, 2.45) is 10.8 Å². The number of nitrogens with zero attached hydrogens (tertiary/aromatic N) is 1. The number of hydrogen-bond acceptors (Lipinski definition) is 3. The lowest BCUT2D eigenvalue weighted by atomic mass is 9.95. The first kappa shape index (κ1) is 11.5. The van der Waals surface area contributed by atoms with Gasteiger partial charge in [-0.3, -0.25) is 4.79 Å². The average molecular weight is 294 g/mol. The van der Waals surface area contributed by atoms with Gasteiger partial charge in [0.25, 0.3) is 0 Å². The summed E-state index contributed by atoms with van der Waals surface area (Å²) in [5.74, 6) is -0.252. The summed E-state index contributed by atoms with van der Waals surface area (Å²) >= 11 is 3.35. The molecule has 0 aromatic heterocycles. The Hall–Kier alpha value is -1.95. The van der Waals surface area contributed by atoms with E-state index in [-0.39, 0.29) is 11.5 Å². The molecule has 6 heteroatoms. The maximum atomic E-state index is 12.0. The van der Waals surface area contributed by atoms with Crippen LogP contribution in [0, 0.1) is 0 Å². The van der Waals surface area contributed by atoms with E-state index in [2.05, 4.69) is 21.0 Å². The second-order valence-electron chi connectivity index (χ2n) is 3.34. The highest BCUT2D eigenvalue weighted by Gasteiger charge is 2.22. The van der Waals surface area contributed by atoms with E-state index < -0.39 is 6.03 Å². The SMILES string of the molecule is NC(=O)NN=C1C=C(Br)c2ccccc2C1=O. The average Bonchev–Trinajstić information content (AvgIpc) is 2.32. The van der Waals surface area contributed by atoms with Gasteiger partial charge in [0.05, 0.1) is 0 Å². The first-order valence-corrected chi connectivity index (χ1v) is 5.53. The highest BCUT2D eigenvalue weighted by atomic mass is 79.9. The molecule has 3 N–H and O–H groups in total. The molecule has 1 aromatic carbocycles. The number of fused-ring (bicyclic) bond motifs is 1. The number of benzene rings is 1. The molecule has 0 bridgehead atoms. The van der Waals surface area contributed by atoms with E-state index in [1.807, 2.05) is 17.6 Å². The number of ketones is 1. The minimum absolute atomic E-state index is 0.134. The summed E-state index contributed by atoms with van der Waals surface area (Å²) in [5.41, 5.74) is 8.39. The van der Waals surface area contributed by atoms with E-state index in [4.69, 9.17) is 5.73 Å². The van der Waals surface area contributed by atoms with Crippen molar-refractivity contribution in [1.29, 1.82) is 0 Å². The summed E-state index contributed by atoms with van der Waals surface area (Å²) in [5, 5.41) is 3.65. The zero-order valence-electron chi connectivity index (χ0n) is 8.61. The first-order valence-electron chi connectivity index (χ1n) is 4.74. The number of Topliss-reactive ketones (excluding diaryl/α,β-unsaturated/α-hetero) is 1. The van der Waals surface area contributed by atoms with E-state index in [1.165, 1.54) is 0 Å². The van der Waals surface area contributed by atoms with Crippen LogP contribution in [0.2, 0.25) is 0 Å². The summed E-state index contributed by atoms with van der Waals surface area (Å²) in [6, 6.07) is 6.32. The second kappa shape index (κ2) is 4.50. The molecule has 0 aliphatic heterocycles. The minimum Gasteiger partial charge on any atom is -0.350 e. The predicted molar refractivity (Wildman–Crippen MR) is 67.8 cm³/mol. The number of amides is 2. The van der Waals surface area contributed by atoms with Crippen LogP contribution < -0.4 is 11.2 Å².